The molecule has 2 nitrogen and oxygen atoms in total. The van der Waals surface area contributed by atoms with Crippen LogP contribution in [-0.4, -0.2) is 22.8 Å². The fourth-order valence-electron chi connectivity index (χ4n) is 2.20. The van der Waals surface area contributed by atoms with Gasteiger partial charge in [0.05, 0.1) is 0 Å². The highest BCUT2D eigenvalue weighted by atomic mass is 28.4. The molecule has 0 bridgehead atoms. The third kappa shape index (κ3) is 5.46. The molecule has 0 fully saturated rings. The molecule has 0 saturated heterocycles. The van der Waals surface area contributed by atoms with Crippen molar-refractivity contribution in [1.82, 2.24) is 0 Å². The van der Waals surface area contributed by atoms with Crippen LogP contribution in [0.5, 0.6) is 0 Å². The Balaban J connectivity index is 3.77. The van der Waals surface area contributed by atoms with Crippen LogP contribution in [0, 0.1) is 0 Å². The molecule has 0 aliphatic rings. The second-order valence-electron chi connectivity index (χ2n) is 4.89. The highest BCUT2D eigenvalue weighted by molar-refractivity contribution is 6.68. The van der Waals surface area contributed by atoms with Crippen molar-refractivity contribution >= 4 is 8.56 Å². The van der Waals surface area contributed by atoms with Crippen LogP contribution in [-0.2, 0) is 8.85 Å². The van der Waals surface area contributed by atoms with Crippen molar-refractivity contribution in [3.8, 4) is 0 Å². The first-order chi connectivity index (χ1) is 7.63. The highest BCUT2D eigenvalue weighted by Crippen LogP contribution is 2.28. The molecule has 16 heavy (non-hydrogen) atoms. The Morgan fingerprint density at radius 3 is 1.81 bits per heavy atom. The van der Waals surface area contributed by atoms with Gasteiger partial charge < -0.3 is 8.85 Å². The lowest BCUT2D eigenvalue weighted by Gasteiger charge is -2.31. The molecule has 0 aliphatic carbocycles. The van der Waals surface area contributed by atoms with Gasteiger partial charge in [0.2, 0.25) is 0 Å². The average molecular weight is 246 g/mol. The zero-order chi connectivity index (χ0) is 12.4. The van der Waals surface area contributed by atoms with Gasteiger partial charge in [-0.3, -0.25) is 0 Å². The molecule has 0 aromatic rings. The molecule has 0 heterocycles. The van der Waals surface area contributed by atoms with E-state index >= 15 is 0 Å². The SMILES string of the molecule is CCCCCCCC[Si](OC)(OC)C(C)C. The maximum absolute atomic E-state index is 5.69. The molecule has 0 radical (unpaired) electrons. The molecular formula is C13H30O2Si. The molecule has 0 atom stereocenters. The molecular weight excluding hydrogens is 216 g/mol. The van der Waals surface area contributed by atoms with Crippen molar-refractivity contribution in [2.24, 2.45) is 0 Å². The summed E-state index contributed by atoms with van der Waals surface area (Å²) in [6.07, 6.45) is 8.03. The van der Waals surface area contributed by atoms with Gasteiger partial charge in [0.25, 0.3) is 0 Å². The smallest absolute Gasteiger partial charge is 0.340 e. The second-order valence-corrected chi connectivity index (χ2v) is 8.99. The lowest BCUT2D eigenvalue weighted by atomic mass is 10.1. The monoisotopic (exact) mass is 246 g/mol. The predicted octanol–water partition coefficient (Wildman–Crippen LogP) is 4.49. The Bertz CT molecular complexity index is 156. The summed E-state index contributed by atoms with van der Waals surface area (Å²) < 4.78 is 11.4. The normalized spacial score (nSPS) is 12.4. The molecule has 0 unspecified atom stereocenters. The van der Waals surface area contributed by atoms with Crippen molar-refractivity contribution < 1.29 is 8.85 Å². The lowest BCUT2D eigenvalue weighted by Crippen LogP contribution is -2.43. The molecule has 0 aromatic heterocycles. The van der Waals surface area contributed by atoms with E-state index in [0.29, 0.717) is 5.54 Å². The summed E-state index contributed by atoms with van der Waals surface area (Å²) in [5.74, 6) is 0. The van der Waals surface area contributed by atoms with Crippen LogP contribution >= 0.6 is 0 Å². The Labute approximate surface area is 103 Å². The molecule has 0 rings (SSSR count). The minimum absolute atomic E-state index is 0.540. The van der Waals surface area contributed by atoms with Crippen LogP contribution < -0.4 is 0 Å². The van der Waals surface area contributed by atoms with Gasteiger partial charge in [0, 0.05) is 14.2 Å². The highest BCUT2D eigenvalue weighted by Gasteiger charge is 2.38. The minimum atomic E-state index is -1.89. The topological polar surface area (TPSA) is 18.5 Å². The molecule has 0 aliphatic heterocycles. The number of unbranched alkanes of at least 4 members (excludes halogenated alkanes) is 5. The average Bonchev–Trinajstić information content (AvgIpc) is 2.28. The van der Waals surface area contributed by atoms with E-state index in [4.69, 9.17) is 8.85 Å². The van der Waals surface area contributed by atoms with Crippen LogP contribution in [0.2, 0.25) is 11.6 Å². The fourth-order valence-corrected chi connectivity index (χ4v) is 5.04. The van der Waals surface area contributed by atoms with Crippen LogP contribution in [0.4, 0.5) is 0 Å². The molecule has 98 valence electrons. The fraction of sp³-hybridized carbons (Fsp3) is 1.00. The molecule has 0 aromatic carbocycles. The zero-order valence-electron chi connectivity index (χ0n) is 11.8. The predicted molar refractivity (Wildman–Crippen MR) is 73.1 cm³/mol. The summed E-state index contributed by atoms with van der Waals surface area (Å²) in [5, 5.41) is 0. The largest absolute Gasteiger partial charge is 0.397 e. The van der Waals surface area contributed by atoms with Gasteiger partial charge in [0.15, 0.2) is 0 Å². The van der Waals surface area contributed by atoms with Crippen molar-refractivity contribution in [2.45, 2.75) is 70.9 Å². The third-order valence-electron chi connectivity index (χ3n) is 3.45. The van der Waals surface area contributed by atoms with Crippen LogP contribution in [0.25, 0.3) is 0 Å². The van der Waals surface area contributed by atoms with Crippen LogP contribution in [0.1, 0.15) is 59.3 Å². The second kappa shape index (κ2) is 9.20. The standard InChI is InChI=1S/C13H30O2Si/c1-6-7-8-9-10-11-12-16(14-4,15-5)13(2)3/h13H,6-12H2,1-5H3. The summed E-state index contributed by atoms with van der Waals surface area (Å²) >= 11 is 0. The van der Waals surface area contributed by atoms with Crippen molar-refractivity contribution in [1.29, 1.82) is 0 Å². The maximum atomic E-state index is 5.69. The van der Waals surface area contributed by atoms with Crippen LogP contribution in [0.15, 0.2) is 0 Å². The summed E-state index contributed by atoms with van der Waals surface area (Å²) in [6.45, 7) is 6.69. The Morgan fingerprint density at radius 2 is 1.38 bits per heavy atom. The first kappa shape index (κ1) is 16.1. The third-order valence-corrected chi connectivity index (χ3v) is 7.64. The van der Waals surface area contributed by atoms with Gasteiger partial charge in [-0.2, -0.15) is 0 Å². The van der Waals surface area contributed by atoms with Gasteiger partial charge in [-0.05, 0) is 11.6 Å². The Hall–Kier alpha value is 0.137. The van der Waals surface area contributed by atoms with E-state index in [1.807, 2.05) is 14.2 Å². The molecule has 0 amide bonds. The van der Waals surface area contributed by atoms with Gasteiger partial charge in [-0.25, -0.2) is 0 Å². The lowest BCUT2D eigenvalue weighted by molar-refractivity contribution is 0.231. The number of rotatable bonds is 10. The van der Waals surface area contributed by atoms with E-state index in [-0.39, 0.29) is 0 Å². The molecule has 0 spiro atoms. The molecule has 0 N–H and O–H groups in total. The van der Waals surface area contributed by atoms with Gasteiger partial charge in [0.1, 0.15) is 0 Å². The zero-order valence-corrected chi connectivity index (χ0v) is 12.8. The maximum Gasteiger partial charge on any atom is 0.340 e. The number of hydrogen-bond donors (Lipinski definition) is 0. The summed E-state index contributed by atoms with van der Waals surface area (Å²) in [6, 6.07) is 1.14. The van der Waals surface area contributed by atoms with E-state index in [2.05, 4.69) is 20.8 Å². The van der Waals surface area contributed by atoms with E-state index in [1.165, 1.54) is 38.5 Å². The van der Waals surface area contributed by atoms with Crippen molar-refractivity contribution in [3.05, 3.63) is 0 Å². The van der Waals surface area contributed by atoms with Gasteiger partial charge in [-0.1, -0.05) is 59.3 Å². The van der Waals surface area contributed by atoms with Gasteiger partial charge >= 0.3 is 8.56 Å². The van der Waals surface area contributed by atoms with Crippen molar-refractivity contribution in [3.63, 3.8) is 0 Å². The van der Waals surface area contributed by atoms with E-state index in [0.717, 1.165) is 6.04 Å². The molecule has 0 saturated carbocycles. The van der Waals surface area contributed by atoms with E-state index in [1.54, 1.807) is 0 Å². The molecule has 3 heteroatoms. The summed E-state index contributed by atoms with van der Waals surface area (Å²) in [4.78, 5) is 0. The van der Waals surface area contributed by atoms with Crippen molar-refractivity contribution in [2.75, 3.05) is 14.2 Å². The quantitative estimate of drug-likeness (QED) is 0.417. The minimum Gasteiger partial charge on any atom is -0.397 e. The number of hydrogen-bond acceptors (Lipinski definition) is 2. The Morgan fingerprint density at radius 1 is 0.875 bits per heavy atom. The first-order valence-electron chi connectivity index (χ1n) is 6.73. The summed E-state index contributed by atoms with van der Waals surface area (Å²) in [5.41, 5.74) is 0.540. The van der Waals surface area contributed by atoms with Crippen LogP contribution in [0.3, 0.4) is 0 Å². The van der Waals surface area contributed by atoms with E-state index < -0.39 is 8.56 Å². The van der Waals surface area contributed by atoms with Gasteiger partial charge in [-0.15, -0.1) is 0 Å². The van der Waals surface area contributed by atoms with E-state index in [9.17, 15) is 0 Å². The summed E-state index contributed by atoms with van der Waals surface area (Å²) in [7, 11) is 1.74. The Kier molecular flexibility index (Phi) is 9.28. The first-order valence-corrected chi connectivity index (χ1v) is 8.83.